The number of anilines is 1. The molecule has 0 aliphatic heterocycles. The van der Waals surface area contributed by atoms with Crippen LogP contribution in [0, 0.1) is 28.7 Å². The minimum atomic E-state index is -4.97. The molecule has 132 valence electrons. The summed E-state index contributed by atoms with van der Waals surface area (Å²) in [5.41, 5.74) is -3.40. The van der Waals surface area contributed by atoms with Gasteiger partial charge in [-0.2, -0.15) is 13.2 Å². The number of nitrogens with zero attached hydrogens (tertiary/aromatic N) is 1. The van der Waals surface area contributed by atoms with Crippen LogP contribution in [-0.2, 0) is 6.18 Å². The number of carbonyl (C=O) groups excluding carboxylic acids is 1. The number of nitro benzene ring substituents is 1. The van der Waals surface area contributed by atoms with Gasteiger partial charge in [0.1, 0.15) is 11.6 Å². The lowest BCUT2D eigenvalue weighted by molar-refractivity contribution is -0.385. The first kappa shape index (κ1) is 18.3. The molecule has 2 aromatic rings. The van der Waals surface area contributed by atoms with Crippen LogP contribution < -0.4 is 5.32 Å². The third-order valence-corrected chi connectivity index (χ3v) is 3.31. The number of hydrogen-bond donors (Lipinski definition) is 1. The lowest BCUT2D eigenvalue weighted by Gasteiger charge is -2.11. The van der Waals surface area contributed by atoms with E-state index in [1.165, 1.54) is 0 Å². The second kappa shape index (κ2) is 6.46. The largest absolute Gasteiger partial charge is 0.419 e. The molecule has 10 heteroatoms. The Balaban J connectivity index is 2.37. The van der Waals surface area contributed by atoms with E-state index in [4.69, 9.17) is 0 Å². The Hall–Kier alpha value is -3.04. The number of rotatable bonds is 3. The predicted octanol–water partition coefficient (Wildman–Crippen LogP) is 4.45. The molecule has 0 fully saturated rings. The molecular formula is C15H9F5N2O3. The Morgan fingerprint density at radius 2 is 1.76 bits per heavy atom. The number of hydrogen-bond acceptors (Lipinski definition) is 3. The van der Waals surface area contributed by atoms with Crippen LogP contribution in [0.2, 0.25) is 0 Å². The molecule has 2 rings (SSSR count). The highest BCUT2D eigenvalue weighted by Gasteiger charge is 2.34. The van der Waals surface area contributed by atoms with Gasteiger partial charge in [-0.15, -0.1) is 0 Å². The van der Waals surface area contributed by atoms with Gasteiger partial charge in [-0.25, -0.2) is 8.78 Å². The lowest BCUT2D eigenvalue weighted by atomic mass is 10.1. The zero-order valence-corrected chi connectivity index (χ0v) is 12.4. The normalized spacial score (nSPS) is 11.3. The van der Waals surface area contributed by atoms with Crippen molar-refractivity contribution in [3.8, 4) is 0 Å². The lowest BCUT2D eigenvalue weighted by Crippen LogP contribution is -2.15. The number of nitro groups is 1. The highest BCUT2D eigenvalue weighted by atomic mass is 19.4. The van der Waals surface area contributed by atoms with Crippen LogP contribution in [0.5, 0.6) is 0 Å². The number of halogens is 5. The maximum absolute atomic E-state index is 13.7. The fourth-order valence-corrected chi connectivity index (χ4v) is 2.01. The molecule has 0 aromatic heterocycles. The summed E-state index contributed by atoms with van der Waals surface area (Å²) in [5, 5.41) is 12.9. The molecular weight excluding hydrogens is 351 g/mol. The second-order valence-corrected chi connectivity index (χ2v) is 5.01. The summed E-state index contributed by atoms with van der Waals surface area (Å²) in [4.78, 5) is 22.0. The van der Waals surface area contributed by atoms with Crippen LogP contribution in [0.25, 0.3) is 0 Å². The zero-order chi connectivity index (χ0) is 18.9. The molecule has 1 amide bonds. The van der Waals surface area contributed by atoms with Crippen LogP contribution in [0.4, 0.5) is 33.3 Å². The molecule has 1 N–H and O–H groups in total. The van der Waals surface area contributed by atoms with Crippen LogP contribution >= 0.6 is 0 Å². The molecule has 0 atom stereocenters. The first-order chi connectivity index (χ1) is 11.5. The van der Waals surface area contributed by atoms with Crippen molar-refractivity contribution in [2.24, 2.45) is 0 Å². The minimum Gasteiger partial charge on any atom is -0.322 e. The van der Waals surface area contributed by atoms with Crippen molar-refractivity contribution in [1.82, 2.24) is 0 Å². The second-order valence-electron chi connectivity index (χ2n) is 5.01. The van der Waals surface area contributed by atoms with Crippen molar-refractivity contribution in [3.63, 3.8) is 0 Å². The first-order valence-electron chi connectivity index (χ1n) is 6.63. The number of amides is 1. The number of alkyl halides is 3. The maximum atomic E-state index is 13.7. The Bertz CT molecular complexity index is 865. The molecule has 2 aromatic carbocycles. The average Bonchev–Trinajstić information content (AvgIpc) is 2.50. The number of nitrogens with one attached hydrogen (secondary N) is 1. The van der Waals surface area contributed by atoms with Crippen molar-refractivity contribution >= 4 is 17.3 Å². The van der Waals surface area contributed by atoms with Gasteiger partial charge in [0.25, 0.3) is 11.6 Å². The van der Waals surface area contributed by atoms with Crippen molar-refractivity contribution in [3.05, 3.63) is 68.8 Å². The van der Waals surface area contributed by atoms with Crippen molar-refractivity contribution < 1.29 is 31.7 Å². The minimum absolute atomic E-state index is 0.289. The molecule has 0 unspecified atom stereocenters. The smallest absolute Gasteiger partial charge is 0.322 e. The SMILES string of the molecule is Cc1c(F)cc(C(=O)Nc2ccc(F)c(C(F)(F)F)c2)cc1[N+](=O)[O-]. The monoisotopic (exact) mass is 360 g/mol. The highest BCUT2D eigenvalue weighted by molar-refractivity contribution is 6.04. The van der Waals surface area contributed by atoms with Gasteiger partial charge >= 0.3 is 6.18 Å². The third kappa shape index (κ3) is 3.90. The molecule has 0 aliphatic rings. The molecule has 5 nitrogen and oxygen atoms in total. The molecule has 0 saturated carbocycles. The zero-order valence-electron chi connectivity index (χ0n) is 12.4. The Kier molecular flexibility index (Phi) is 4.73. The van der Waals surface area contributed by atoms with E-state index < -0.39 is 51.1 Å². The van der Waals surface area contributed by atoms with Crippen LogP contribution in [0.3, 0.4) is 0 Å². The Morgan fingerprint density at radius 1 is 1.12 bits per heavy atom. The van der Waals surface area contributed by atoms with Gasteiger partial charge in [0.05, 0.1) is 16.1 Å². The van der Waals surface area contributed by atoms with E-state index in [-0.39, 0.29) is 5.56 Å². The fraction of sp³-hybridized carbons (Fsp3) is 0.133. The average molecular weight is 360 g/mol. The van der Waals surface area contributed by atoms with Crippen molar-refractivity contribution in [1.29, 1.82) is 0 Å². The number of benzene rings is 2. The van der Waals surface area contributed by atoms with E-state index >= 15 is 0 Å². The summed E-state index contributed by atoms with van der Waals surface area (Å²) < 4.78 is 64.9. The van der Waals surface area contributed by atoms with Gasteiger partial charge in [0, 0.05) is 17.3 Å². The van der Waals surface area contributed by atoms with Gasteiger partial charge in [-0.3, -0.25) is 14.9 Å². The fourth-order valence-electron chi connectivity index (χ4n) is 2.01. The van der Waals surface area contributed by atoms with Crippen LogP contribution in [0.15, 0.2) is 30.3 Å². The van der Waals surface area contributed by atoms with E-state index in [0.29, 0.717) is 18.2 Å². The maximum Gasteiger partial charge on any atom is 0.419 e. The first-order valence-corrected chi connectivity index (χ1v) is 6.63. The van der Waals surface area contributed by atoms with E-state index in [1.807, 2.05) is 5.32 Å². The quantitative estimate of drug-likeness (QED) is 0.499. The van der Waals surface area contributed by atoms with Gasteiger partial charge in [0.2, 0.25) is 0 Å². The summed E-state index contributed by atoms with van der Waals surface area (Å²) >= 11 is 0. The van der Waals surface area contributed by atoms with Gasteiger partial charge in [-0.1, -0.05) is 0 Å². The van der Waals surface area contributed by atoms with Gasteiger partial charge < -0.3 is 5.32 Å². The van der Waals surface area contributed by atoms with E-state index in [2.05, 4.69) is 0 Å². The van der Waals surface area contributed by atoms with Crippen LogP contribution in [0.1, 0.15) is 21.5 Å². The molecule has 0 radical (unpaired) electrons. The Morgan fingerprint density at radius 3 is 2.32 bits per heavy atom. The molecule has 0 aliphatic carbocycles. The summed E-state index contributed by atoms with van der Waals surface area (Å²) in [5.74, 6) is -3.63. The van der Waals surface area contributed by atoms with Crippen molar-refractivity contribution in [2.75, 3.05) is 5.32 Å². The third-order valence-electron chi connectivity index (χ3n) is 3.31. The summed E-state index contributed by atoms with van der Waals surface area (Å²) in [6.45, 7) is 1.14. The number of carbonyl (C=O) groups is 1. The van der Waals surface area contributed by atoms with Crippen LogP contribution in [-0.4, -0.2) is 10.8 Å². The van der Waals surface area contributed by atoms with E-state index in [0.717, 1.165) is 19.1 Å². The summed E-state index contributed by atoms with van der Waals surface area (Å²) in [6, 6.07) is 3.26. The molecule has 0 heterocycles. The summed E-state index contributed by atoms with van der Waals surface area (Å²) in [7, 11) is 0. The molecule has 0 spiro atoms. The predicted molar refractivity (Wildman–Crippen MR) is 77.1 cm³/mol. The topological polar surface area (TPSA) is 72.2 Å². The Labute approximate surface area is 137 Å². The standard InChI is InChI=1S/C15H9F5N2O3/c1-7-12(17)4-8(5-13(7)22(24)25)14(23)21-9-2-3-11(16)10(6-9)15(18,19)20/h2-6H,1H3,(H,21,23). The van der Waals surface area contributed by atoms with Crippen molar-refractivity contribution in [2.45, 2.75) is 13.1 Å². The van der Waals surface area contributed by atoms with E-state index in [9.17, 15) is 36.9 Å². The van der Waals surface area contributed by atoms with E-state index in [1.54, 1.807) is 0 Å². The molecule has 0 saturated heterocycles. The van der Waals surface area contributed by atoms with Gasteiger partial charge in [-0.05, 0) is 31.2 Å². The molecule has 25 heavy (non-hydrogen) atoms. The molecule has 0 bridgehead atoms. The van der Waals surface area contributed by atoms with Gasteiger partial charge in [0.15, 0.2) is 0 Å². The summed E-state index contributed by atoms with van der Waals surface area (Å²) in [6.07, 6.45) is -4.97. The highest BCUT2D eigenvalue weighted by Crippen LogP contribution is 2.33.